The van der Waals surface area contributed by atoms with Gasteiger partial charge in [0.2, 0.25) is 0 Å². The number of nitrogens with zero attached hydrogens (tertiary/aromatic N) is 2. The molecule has 0 spiro atoms. The van der Waals surface area contributed by atoms with E-state index in [1.807, 2.05) is 24.3 Å². The second-order valence-corrected chi connectivity index (χ2v) is 3.70. The van der Waals surface area contributed by atoms with Gasteiger partial charge in [-0.3, -0.25) is 9.97 Å². The predicted octanol–water partition coefficient (Wildman–Crippen LogP) is 1.76. The van der Waals surface area contributed by atoms with Gasteiger partial charge < -0.3 is 9.84 Å². The standard InChI is InChI=1S/C13H14N2O2/c1-17-11-4-2-3-10(7-11)8-13(16)12-9-14-5-6-15-12/h2-7,9,13,16H,8H2,1H3. The molecule has 1 aromatic carbocycles. The van der Waals surface area contributed by atoms with Crippen LogP contribution in [0.25, 0.3) is 0 Å². The lowest BCUT2D eigenvalue weighted by atomic mass is 10.1. The Labute approximate surface area is 99.9 Å². The summed E-state index contributed by atoms with van der Waals surface area (Å²) >= 11 is 0. The number of aliphatic hydroxyl groups excluding tert-OH is 1. The summed E-state index contributed by atoms with van der Waals surface area (Å²) < 4.78 is 5.13. The Hall–Kier alpha value is -1.94. The number of rotatable bonds is 4. The lowest BCUT2D eigenvalue weighted by Gasteiger charge is -2.10. The zero-order valence-corrected chi connectivity index (χ0v) is 9.58. The molecule has 0 bridgehead atoms. The molecular weight excluding hydrogens is 216 g/mol. The summed E-state index contributed by atoms with van der Waals surface area (Å²) in [6.07, 6.45) is 4.59. The first kappa shape index (κ1) is 11.5. The number of methoxy groups -OCH3 is 1. The maximum absolute atomic E-state index is 9.99. The zero-order valence-electron chi connectivity index (χ0n) is 9.58. The molecule has 1 heterocycles. The number of aromatic nitrogens is 2. The lowest BCUT2D eigenvalue weighted by Crippen LogP contribution is -2.04. The summed E-state index contributed by atoms with van der Waals surface area (Å²) in [7, 11) is 1.62. The van der Waals surface area contributed by atoms with Crippen molar-refractivity contribution in [1.29, 1.82) is 0 Å². The minimum atomic E-state index is -0.643. The smallest absolute Gasteiger partial charge is 0.119 e. The fourth-order valence-electron chi connectivity index (χ4n) is 1.61. The second kappa shape index (κ2) is 5.41. The molecule has 4 heteroatoms. The summed E-state index contributed by atoms with van der Waals surface area (Å²) in [6.45, 7) is 0. The van der Waals surface area contributed by atoms with Gasteiger partial charge in [-0.2, -0.15) is 0 Å². The van der Waals surface area contributed by atoms with Crippen LogP contribution in [0.2, 0.25) is 0 Å². The molecule has 0 saturated carbocycles. The van der Waals surface area contributed by atoms with Crippen LogP contribution < -0.4 is 4.74 Å². The Kier molecular flexibility index (Phi) is 3.67. The third-order valence-corrected chi connectivity index (χ3v) is 2.49. The molecular formula is C13H14N2O2. The highest BCUT2D eigenvalue weighted by Crippen LogP contribution is 2.19. The molecule has 0 fully saturated rings. The molecule has 1 N–H and O–H groups in total. The van der Waals surface area contributed by atoms with Crippen LogP contribution in [-0.2, 0) is 6.42 Å². The van der Waals surface area contributed by atoms with E-state index >= 15 is 0 Å². The van der Waals surface area contributed by atoms with Crippen molar-refractivity contribution in [2.24, 2.45) is 0 Å². The summed E-state index contributed by atoms with van der Waals surface area (Å²) in [5, 5.41) is 9.99. The van der Waals surface area contributed by atoms with Gasteiger partial charge in [0.05, 0.1) is 19.0 Å². The molecule has 1 atom stereocenters. The topological polar surface area (TPSA) is 55.2 Å². The zero-order chi connectivity index (χ0) is 12.1. The molecule has 4 nitrogen and oxygen atoms in total. The van der Waals surface area contributed by atoms with Crippen molar-refractivity contribution >= 4 is 0 Å². The Morgan fingerprint density at radius 2 is 2.24 bits per heavy atom. The Bertz CT molecular complexity index is 474. The van der Waals surface area contributed by atoms with E-state index in [1.54, 1.807) is 25.7 Å². The van der Waals surface area contributed by atoms with Crippen molar-refractivity contribution in [2.45, 2.75) is 12.5 Å². The van der Waals surface area contributed by atoms with Crippen LogP contribution in [0, 0.1) is 0 Å². The van der Waals surface area contributed by atoms with Gasteiger partial charge in [0.25, 0.3) is 0 Å². The summed E-state index contributed by atoms with van der Waals surface area (Å²) in [5.74, 6) is 0.786. The van der Waals surface area contributed by atoms with Crippen molar-refractivity contribution in [3.63, 3.8) is 0 Å². The molecule has 0 amide bonds. The molecule has 1 unspecified atom stereocenters. The van der Waals surface area contributed by atoms with Gasteiger partial charge in [0.1, 0.15) is 11.9 Å². The van der Waals surface area contributed by atoms with E-state index in [2.05, 4.69) is 9.97 Å². The summed E-state index contributed by atoms with van der Waals surface area (Å²) in [5.41, 5.74) is 1.58. The maximum atomic E-state index is 9.99. The third kappa shape index (κ3) is 3.01. The van der Waals surface area contributed by atoms with Crippen molar-refractivity contribution < 1.29 is 9.84 Å². The summed E-state index contributed by atoms with van der Waals surface area (Å²) in [6, 6.07) is 7.62. The van der Waals surface area contributed by atoms with Crippen molar-refractivity contribution in [3.05, 3.63) is 54.1 Å². The Morgan fingerprint density at radius 3 is 2.94 bits per heavy atom. The van der Waals surface area contributed by atoms with Gasteiger partial charge in [0.15, 0.2) is 0 Å². The van der Waals surface area contributed by atoms with Crippen molar-refractivity contribution in [1.82, 2.24) is 9.97 Å². The molecule has 2 rings (SSSR count). The largest absolute Gasteiger partial charge is 0.497 e. The molecule has 0 saturated heterocycles. The first-order chi connectivity index (χ1) is 8.29. The number of benzene rings is 1. The fraction of sp³-hybridized carbons (Fsp3) is 0.231. The molecule has 1 aromatic heterocycles. The van der Waals surface area contributed by atoms with Crippen LogP contribution in [0.3, 0.4) is 0 Å². The van der Waals surface area contributed by atoms with Gasteiger partial charge in [0, 0.05) is 18.8 Å². The fourth-order valence-corrected chi connectivity index (χ4v) is 1.61. The van der Waals surface area contributed by atoms with E-state index in [9.17, 15) is 5.11 Å². The maximum Gasteiger partial charge on any atom is 0.119 e. The number of ether oxygens (including phenoxy) is 1. The number of hydrogen-bond acceptors (Lipinski definition) is 4. The van der Waals surface area contributed by atoms with Crippen LogP contribution in [0.15, 0.2) is 42.9 Å². The van der Waals surface area contributed by atoms with Gasteiger partial charge in [-0.25, -0.2) is 0 Å². The van der Waals surface area contributed by atoms with Crippen LogP contribution in [0.1, 0.15) is 17.4 Å². The monoisotopic (exact) mass is 230 g/mol. The van der Waals surface area contributed by atoms with Gasteiger partial charge >= 0.3 is 0 Å². The molecule has 0 radical (unpaired) electrons. The quantitative estimate of drug-likeness (QED) is 0.869. The molecule has 88 valence electrons. The lowest BCUT2D eigenvalue weighted by molar-refractivity contribution is 0.173. The van der Waals surface area contributed by atoms with Gasteiger partial charge in [-0.15, -0.1) is 0 Å². The summed E-state index contributed by atoms with van der Waals surface area (Å²) in [4.78, 5) is 8.01. The predicted molar refractivity (Wildman–Crippen MR) is 63.7 cm³/mol. The van der Waals surface area contributed by atoms with Gasteiger partial charge in [-0.05, 0) is 17.7 Å². The first-order valence-corrected chi connectivity index (χ1v) is 5.36. The molecule has 0 aliphatic rings. The Balaban J connectivity index is 2.10. The average molecular weight is 230 g/mol. The van der Waals surface area contributed by atoms with E-state index in [0.29, 0.717) is 12.1 Å². The van der Waals surface area contributed by atoms with E-state index in [4.69, 9.17) is 4.74 Å². The van der Waals surface area contributed by atoms with Gasteiger partial charge in [-0.1, -0.05) is 12.1 Å². The van der Waals surface area contributed by atoms with E-state index < -0.39 is 6.10 Å². The number of aliphatic hydroxyl groups is 1. The highest BCUT2D eigenvalue weighted by molar-refractivity contribution is 5.29. The molecule has 17 heavy (non-hydrogen) atoms. The molecule has 0 aliphatic heterocycles. The third-order valence-electron chi connectivity index (χ3n) is 2.49. The van der Waals surface area contributed by atoms with Crippen molar-refractivity contribution in [3.8, 4) is 5.75 Å². The van der Waals surface area contributed by atoms with Crippen LogP contribution in [-0.4, -0.2) is 22.2 Å². The first-order valence-electron chi connectivity index (χ1n) is 5.36. The van der Waals surface area contributed by atoms with E-state index in [1.165, 1.54) is 0 Å². The van der Waals surface area contributed by atoms with Crippen LogP contribution in [0.5, 0.6) is 5.75 Å². The van der Waals surface area contributed by atoms with Crippen molar-refractivity contribution in [2.75, 3.05) is 7.11 Å². The second-order valence-electron chi connectivity index (χ2n) is 3.70. The minimum absolute atomic E-state index is 0.496. The Morgan fingerprint density at radius 1 is 1.35 bits per heavy atom. The SMILES string of the molecule is COc1cccc(CC(O)c2cnccn2)c1. The minimum Gasteiger partial charge on any atom is -0.497 e. The normalized spacial score (nSPS) is 12.1. The molecule has 0 aliphatic carbocycles. The van der Waals surface area contributed by atoms with E-state index in [-0.39, 0.29) is 0 Å². The number of hydrogen-bond donors (Lipinski definition) is 1. The highest BCUT2D eigenvalue weighted by atomic mass is 16.5. The van der Waals surface area contributed by atoms with E-state index in [0.717, 1.165) is 11.3 Å². The average Bonchev–Trinajstić information content (AvgIpc) is 2.40. The van der Waals surface area contributed by atoms with Crippen LogP contribution in [0.4, 0.5) is 0 Å². The highest BCUT2D eigenvalue weighted by Gasteiger charge is 2.10. The molecule has 2 aromatic rings. The van der Waals surface area contributed by atoms with Crippen LogP contribution >= 0.6 is 0 Å².